The van der Waals surface area contributed by atoms with Crippen LogP contribution in [0.15, 0.2) is 36.4 Å². The molecule has 0 aliphatic carbocycles. The molecule has 0 aromatic heterocycles. The highest BCUT2D eigenvalue weighted by molar-refractivity contribution is 5.57. The third-order valence-corrected chi connectivity index (χ3v) is 5.36. The molecule has 0 amide bonds. The second kappa shape index (κ2) is 5.85. The molecule has 0 bridgehead atoms. The van der Waals surface area contributed by atoms with E-state index in [4.69, 9.17) is 23.7 Å². The molecule has 2 aromatic carbocycles. The lowest BCUT2D eigenvalue weighted by atomic mass is 9.75. The average Bonchev–Trinajstić information content (AvgIpc) is 3.08. The van der Waals surface area contributed by atoms with Crippen LogP contribution in [0.2, 0.25) is 0 Å². The highest BCUT2D eigenvalue weighted by Crippen LogP contribution is 2.53. The van der Waals surface area contributed by atoms with Crippen LogP contribution < -0.4 is 18.9 Å². The number of hydrogen-bond acceptors (Lipinski definition) is 5. The molecule has 0 saturated carbocycles. The molecular formula is C20H22O5. The van der Waals surface area contributed by atoms with Gasteiger partial charge in [0.05, 0.1) is 7.11 Å². The summed E-state index contributed by atoms with van der Waals surface area (Å²) in [6.45, 7) is 4.33. The molecule has 2 aliphatic rings. The van der Waals surface area contributed by atoms with Gasteiger partial charge in [0.2, 0.25) is 12.6 Å². The fourth-order valence-electron chi connectivity index (χ4n) is 3.74. The van der Waals surface area contributed by atoms with Crippen LogP contribution in [0.3, 0.4) is 0 Å². The van der Waals surface area contributed by atoms with Crippen LogP contribution in [-0.4, -0.2) is 26.8 Å². The summed E-state index contributed by atoms with van der Waals surface area (Å²) >= 11 is 0. The summed E-state index contributed by atoms with van der Waals surface area (Å²) in [5, 5.41) is 0. The van der Waals surface area contributed by atoms with Crippen LogP contribution in [0.25, 0.3) is 0 Å². The predicted molar refractivity (Wildman–Crippen MR) is 92.6 cm³/mol. The van der Waals surface area contributed by atoms with Crippen molar-refractivity contribution < 1.29 is 23.7 Å². The summed E-state index contributed by atoms with van der Waals surface area (Å²) < 4.78 is 28.7. The second-order valence-electron chi connectivity index (χ2n) is 6.57. The van der Waals surface area contributed by atoms with Crippen molar-refractivity contribution in [1.82, 2.24) is 0 Å². The van der Waals surface area contributed by atoms with Crippen molar-refractivity contribution in [2.45, 2.75) is 25.6 Å². The zero-order chi connectivity index (χ0) is 17.6. The Kier molecular flexibility index (Phi) is 3.76. The van der Waals surface area contributed by atoms with Gasteiger partial charge in [0.1, 0.15) is 11.5 Å². The van der Waals surface area contributed by atoms with Crippen molar-refractivity contribution in [2.24, 2.45) is 5.92 Å². The number of methoxy groups -OCH3 is 2. The Hall–Kier alpha value is -2.40. The summed E-state index contributed by atoms with van der Waals surface area (Å²) in [5.74, 6) is 2.39. The minimum Gasteiger partial charge on any atom is -0.496 e. The topological polar surface area (TPSA) is 46.2 Å². The molecule has 2 heterocycles. The molecule has 0 fully saturated rings. The van der Waals surface area contributed by atoms with E-state index in [2.05, 4.69) is 13.0 Å². The highest BCUT2D eigenvalue weighted by atomic mass is 16.7. The molecule has 0 spiro atoms. The van der Waals surface area contributed by atoms with E-state index in [0.717, 1.165) is 28.4 Å². The summed E-state index contributed by atoms with van der Waals surface area (Å²) in [4.78, 5) is 0. The summed E-state index contributed by atoms with van der Waals surface area (Å²) in [6, 6.07) is 12.0. The molecule has 0 radical (unpaired) electrons. The number of fused-ring (bicyclic) bond motifs is 2. The lowest BCUT2D eigenvalue weighted by Gasteiger charge is -2.44. The van der Waals surface area contributed by atoms with E-state index in [1.165, 1.54) is 0 Å². The maximum absolute atomic E-state index is 6.23. The van der Waals surface area contributed by atoms with Gasteiger partial charge in [-0.1, -0.05) is 25.1 Å². The SMILES string of the molecule is COc1ccccc1[C@H]1c2cc3c(cc2O[C@@](C)(OC)[C@@H]1C)OCO3. The van der Waals surface area contributed by atoms with Crippen LogP contribution in [0.1, 0.15) is 30.9 Å². The molecule has 2 aromatic rings. The quantitative estimate of drug-likeness (QED) is 0.845. The van der Waals surface area contributed by atoms with Gasteiger partial charge in [0.15, 0.2) is 11.5 Å². The number of para-hydroxylation sites is 1. The minimum absolute atomic E-state index is 0.0411. The molecule has 5 nitrogen and oxygen atoms in total. The summed E-state index contributed by atoms with van der Waals surface area (Å²) in [7, 11) is 3.37. The minimum atomic E-state index is -0.758. The summed E-state index contributed by atoms with van der Waals surface area (Å²) in [5.41, 5.74) is 2.15. The zero-order valence-corrected chi connectivity index (χ0v) is 14.9. The molecule has 4 rings (SSSR count). The van der Waals surface area contributed by atoms with Crippen LogP contribution in [0.4, 0.5) is 0 Å². The molecule has 0 unspecified atom stereocenters. The molecule has 132 valence electrons. The predicted octanol–water partition coefficient (Wildman–Crippen LogP) is 3.95. The van der Waals surface area contributed by atoms with Gasteiger partial charge in [-0.05, 0) is 12.1 Å². The normalized spacial score (nSPS) is 26.7. The van der Waals surface area contributed by atoms with Gasteiger partial charge in [-0.25, -0.2) is 0 Å². The van der Waals surface area contributed by atoms with Crippen molar-refractivity contribution in [1.29, 1.82) is 0 Å². The lowest BCUT2D eigenvalue weighted by Crippen LogP contribution is -2.47. The smallest absolute Gasteiger partial charge is 0.231 e. The van der Waals surface area contributed by atoms with Crippen LogP contribution >= 0.6 is 0 Å². The fourth-order valence-corrected chi connectivity index (χ4v) is 3.74. The Labute approximate surface area is 147 Å². The average molecular weight is 342 g/mol. The fraction of sp³-hybridized carbons (Fsp3) is 0.400. The highest BCUT2D eigenvalue weighted by Gasteiger charge is 2.46. The van der Waals surface area contributed by atoms with Crippen molar-refractivity contribution in [2.75, 3.05) is 21.0 Å². The van der Waals surface area contributed by atoms with E-state index in [1.807, 2.05) is 37.3 Å². The molecular weight excluding hydrogens is 320 g/mol. The van der Waals surface area contributed by atoms with E-state index in [-0.39, 0.29) is 18.6 Å². The Bertz CT molecular complexity index is 803. The second-order valence-corrected chi connectivity index (χ2v) is 6.57. The Balaban J connectivity index is 1.93. The first-order valence-electron chi connectivity index (χ1n) is 8.38. The first kappa shape index (κ1) is 16.1. The van der Waals surface area contributed by atoms with Gasteiger partial charge in [0, 0.05) is 43.1 Å². The molecule has 25 heavy (non-hydrogen) atoms. The molecule has 0 saturated heterocycles. The third-order valence-electron chi connectivity index (χ3n) is 5.36. The number of benzene rings is 2. The van der Waals surface area contributed by atoms with Crippen molar-refractivity contribution in [3.63, 3.8) is 0 Å². The standard InChI is InChI=1S/C20H22O5/c1-12-19(13-7-5-6-8-15(13)21-3)14-9-17-18(24-11-23-17)10-16(14)25-20(12,2)22-4/h5-10,12,19H,11H2,1-4H3/t12-,19+,20-/m1/s1. The Morgan fingerprint density at radius 3 is 2.44 bits per heavy atom. The molecule has 5 heteroatoms. The van der Waals surface area contributed by atoms with Gasteiger partial charge >= 0.3 is 0 Å². The van der Waals surface area contributed by atoms with E-state index in [0.29, 0.717) is 5.75 Å². The number of ether oxygens (including phenoxy) is 5. The van der Waals surface area contributed by atoms with E-state index >= 15 is 0 Å². The maximum atomic E-state index is 6.23. The van der Waals surface area contributed by atoms with Crippen LogP contribution in [0, 0.1) is 5.92 Å². The van der Waals surface area contributed by atoms with Crippen molar-refractivity contribution in [3.8, 4) is 23.0 Å². The first-order valence-corrected chi connectivity index (χ1v) is 8.38. The van der Waals surface area contributed by atoms with E-state index in [9.17, 15) is 0 Å². The first-order chi connectivity index (χ1) is 12.1. The van der Waals surface area contributed by atoms with E-state index in [1.54, 1.807) is 14.2 Å². The van der Waals surface area contributed by atoms with Crippen LogP contribution in [-0.2, 0) is 4.74 Å². The summed E-state index contributed by atoms with van der Waals surface area (Å²) in [6.07, 6.45) is 0. The van der Waals surface area contributed by atoms with Gasteiger partial charge in [-0.3, -0.25) is 0 Å². The van der Waals surface area contributed by atoms with E-state index < -0.39 is 5.79 Å². The Morgan fingerprint density at radius 2 is 1.72 bits per heavy atom. The van der Waals surface area contributed by atoms with Gasteiger partial charge in [0.25, 0.3) is 0 Å². The number of hydrogen-bond donors (Lipinski definition) is 0. The molecule has 3 atom stereocenters. The van der Waals surface area contributed by atoms with Crippen LogP contribution in [0.5, 0.6) is 23.0 Å². The molecule has 0 N–H and O–H groups in total. The number of rotatable bonds is 3. The van der Waals surface area contributed by atoms with Gasteiger partial charge in [-0.2, -0.15) is 0 Å². The van der Waals surface area contributed by atoms with Gasteiger partial charge < -0.3 is 23.7 Å². The van der Waals surface area contributed by atoms with Crippen molar-refractivity contribution >= 4 is 0 Å². The van der Waals surface area contributed by atoms with Crippen molar-refractivity contribution in [3.05, 3.63) is 47.5 Å². The maximum Gasteiger partial charge on any atom is 0.231 e. The zero-order valence-electron chi connectivity index (χ0n) is 14.9. The Morgan fingerprint density at radius 1 is 1.00 bits per heavy atom. The third kappa shape index (κ3) is 2.42. The largest absolute Gasteiger partial charge is 0.496 e. The van der Waals surface area contributed by atoms with Gasteiger partial charge in [-0.15, -0.1) is 0 Å². The monoisotopic (exact) mass is 342 g/mol. The lowest BCUT2D eigenvalue weighted by molar-refractivity contribution is -0.194. The molecule has 2 aliphatic heterocycles.